The topological polar surface area (TPSA) is 29.1 Å². The standard InChI is InChI=1S/C15H22BrNO/c1-5-10(2)9-11(3)17-15(18)13-7-6-8-14(16)12(13)4/h6-8,10-11H,5,9H2,1-4H3,(H,17,18). The van der Waals surface area contributed by atoms with Crippen LogP contribution in [0.1, 0.15) is 49.5 Å². The normalized spacial score (nSPS) is 14.1. The average Bonchev–Trinajstić information content (AvgIpc) is 2.32. The van der Waals surface area contributed by atoms with Crippen molar-refractivity contribution in [2.24, 2.45) is 5.92 Å². The Hall–Kier alpha value is -0.830. The number of carbonyl (C=O) groups is 1. The summed E-state index contributed by atoms with van der Waals surface area (Å²) in [5, 5.41) is 3.07. The third-order valence-electron chi connectivity index (χ3n) is 3.34. The largest absolute Gasteiger partial charge is 0.350 e. The first-order valence-corrected chi connectivity index (χ1v) is 7.31. The van der Waals surface area contributed by atoms with Crippen LogP contribution in [0.4, 0.5) is 0 Å². The SMILES string of the molecule is CCC(C)CC(C)NC(=O)c1cccc(Br)c1C. The molecule has 1 rings (SSSR count). The van der Waals surface area contributed by atoms with Crippen LogP contribution in [0, 0.1) is 12.8 Å². The van der Waals surface area contributed by atoms with Crippen molar-refractivity contribution < 1.29 is 4.79 Å². The van der Waals surface area contributed by atoms with E-state index in [1.165, 1.54) is 0 Å². The van der Waals surface area contributed by atoms with Gasteiger partial charge in [0, 0.05) is 16.1 Å². The zero-order valence-corrected chi connectivity index (χ0v) is 13.2. The Morgan fingerprint density at radius 3 is 2.67 bits per heavy atom. The van der Waals surface area contributed by atoms with Crippen LogP contribution in [0.5, 0.6) is 0 Å². The van der Waals surface area contributed by atoms with Crippen LogP contribution in [0.2, 0.25) is 0 Å². The second-order valence-electron chi connectivity index (χ2n) is 5.04. The highest BCUT2D eigenvalue weighted by Gasteiger charge is 2.14. The summed E-state index contributed by atoms with van der Waals surface area (Å²) in [6.07, 6.45) is 2.17. The van der Waals surface area contributed by atoms with Crippen LogP contribution in [-0.4, -0.2) is 11.9 Å². The first-order valence-electron chi connectivity index (χ1n) is 6.51. The van der Waals surface area contributed by atoms with Gasteiger partial charge < -0.3 is 5.32 Å². The lowest BCUT2D eigenvalue weighted by molar-refractivity contribution is 0.0934. The van der Waals surface area contributed by atoms with Gasteiger partial charge in [-0.25, -0.2) is 0 Å². The van der Waals surface area contributed by atoms with E-state index in [4.69, 9.17) is 0 Å². The Kier molecular flexibility index (Phi) is 5.86. The number of carbonyl (C=O) groups excluding carboxylic acids is 1. The molecule has 0 bridgehead atoms. The Morgan fingerprint density at radius 2 is 2.06 bits per heavy atom. The van der Waals surface area contributed by atoms with Crippen molar-refractivity contribution in [3.05, 3.63) is 33.8 Å². The Balaban J connectivity index is 2.68. The van der Waals surface area contributed by atoms with Crippen molar-refractivity contribution in [3.8, 4) is 0 Å². The minimum absolute atomic E-state index is 0.0182. The molecule has 0 aliphatic heterocycles. The molecule has 3 heteroatoms. The number of halogens is 1. The van der Waals surface area contributed by atoms with Crippen molar-refractivity contribution in [3.63, 3.8) is 0 Å². The number of rotatable bonds is 5. The second kappa shape index (κ2) is 6.93. The number of hydrogen-bond donors (Lipinski definition) is 1. The van der Waals surface area contributed by atoms with E-state index >= 15 is 0 Å². The summed E-state index contributed by atoms with van der Waals surface area (Å²) in [4.78, 5) is 12.2. The van der Waals surface area contributed by atoms with E-state index in [2.05, 4.69) is 42.0 Å². The molecule has 0 saturated carbocycles. The van der Waals surface area contributed by atoms with Crippen molar-refractivity contribution in [2.75, 3.05) is 0 Å². The van der Waals surface area contributed by atoms with Crippen LogP contribution in [0.3, 0.4) is 0 Å². The lowest BCUT2D eigenvalue weighted by atomic mass is 10.00. The molecule has 1 aromatic rings. The zero-order chi connectivity index (χ0) is 13.7. The van der Waals surface area contributed by atoms with Crippen LogP contribution in [0.25, 0.3) is 0 Å². The predicted molar refractivity (Wildman–Crippen MR) is 79.9 cm³/mol. The second-order valence-corrected chi connectivity index (χ2v) is 5.89. The van der Waals surface area contributed by atoms with Gasteiger partial charge in [-0.2, -0.15) is 0 Å². The number of amides is 1. The van der Waals surface area contributed by atoms with E-state index < -0.39 is 0 Å². The fraction of sp³-hybridized carbons (Fsp3) is 0.533. The average molecular weight is 312 g/mol. The summed E-state index contributed by atoms with van der Waals surface area (Å²) in [5.74, 6) is 0.661. The molecule has 1 N–H and O–H groups in total. The summed E-state index contributed by atoms with van der Waals surface area (Å²) in [5.41, 5.74) is 1.74. The van der Waals surface area contributed by atoms with E-state index in [9.17, 15) is 4.79 Å². The minimum Gasteiger partial charge on any atom is -0.350 e. The molecule has 0 spiro atoms. The van der Waals surface area contributed by atoms with E-state index in [0.29, 0.717) is 5.92 Å². The van der Waals surface area contributed by atoms with Gasteiger partial charge in [-0.05, 0) is 43.9 Å². The maximum absolute atomic E-state index is 12.2. The van der Waals surface area contributed by atoms with Crippen molar-refractivity contribution >= 4 is 21.8 Å². The van der Waals surface area contributed by atoms with E-state index in [0.717, 1.165) is 28.4 Å². The van der Waals surface area contributed by atoms with Crippen molar-refractivity contribution in [2.45, 2.75) is 46.6 Å². The van der Waals surface area contributed by atoms with Crippen LogP contribution < -0.4 is 5.32 Å². The molecule has 0 aliphatic rings. The molecule has 0 aromatic heterocycles. The molecule has 0 aliphatic carbocycles. The molecule has 2 unspecified atom stereocenters. The number of nitrogens with one attached hydrogen (secondary N) is 1. The van der Waals surface area contributed by atoms with Crippen molar-refractivity contribution in [1.29, 1.82) is 0 Å². The lowest BCUT2D eigenvalue weighted by Gasteiger charge is -2.18. The maximum atomic E-state index is 12.2. The Morgan fingerprint density at radius 1 is 1.39 bits per heavy atom. The monoisotopic (exact) mass is 311 g/mol. The van der Waals surface area contributed by atoms with Gasteiger partial charge in [0.1, 0.15) is 0 Å². The Bertz CT molecular complexity index is 417. The molecule has 1 aromatic carbocycles. The Labute approximate surface area is 118 Å². The smallest absolute Gasteiger partial charge is 0.251 e. The first kappa shape index (κ1) is 15.2. The van der Waals surface area contributed by atoms with Crippen molar-refractivity contribution in [1.82, 2.24) is 5.32 Å². The molecule has 0 heterocycles. The third kappa shape index (κ3) is 4.13. The summed E-state index contributed by atoms with van der Waals surface area (Å²) in [6.45, 7) is 8.42. The van der Waals surface area contributed by atoms with Gasteiger partial charge in [0.2, 0.25) is 0 Å². The molecule has 0 fully saturated rings. The van der Waals surface area contributed by atoms with Gasteiger partial charge in [0.25, 0.3) is 5.91 Å². The number of benzene rings is 1. The van der Waals surface area contributed by atoms with Crippen LogP contribution in [-0.2, 0) is 0 Å². The fourth-order valence-corrected chi connectivity index (χ4v) is 2.35. The molecular formula is C15H22BrNO. The maximum Gasteiger partial charge on any atom is 0.251 e. The molecule has 2 atom stereocenters. The lowest BCUT2D eigenvalue weighted by Crippen LogP contribution is -2.34. The summed E-state index contributed by atoms with van der Waals surface area (Å²) in [7, 11) is 0. The zero-order valence-electron chi connectivity index (χ0n) is 11.6. The highest BCUT2D eigenvalue weighted by Crippen LogP contribution is 2.19. The third-order valence-corrected chi connectivity index (χ3v) is 4.20. The first-order chi connectivity index (χ1) is 8.45. The quantitative estimate of drug-likeness (QED) is 0.862. The number of hydrogen-bond acceptors (Lipinski definition) is 1. The van der Waals surface area contributed by atoms with Crippen LogP contribution in [0.15, 0.2) is 22.7 Å². The highest BCUT2D eigenvalue weighted by molar-refractivity contribution is 9.10. The van der Waals surface area contributed by atoms with Gasteiger partial charge in [-0.1, -0.05) is 42.3 Å². The van der Waals surface area contributed by atoms with Gasteiger partial charge in [0.05, 0.1) is 0 Å². The molecule has 0 saturated heterocycles. The van der Waals surface area contributed by atoms with Gasteiger partial charge in [-0.15, -0.1) is 0 Å². The summed E-state index contributed by atoms with van der Waals surface area (Å²) >= 11 is 3.45. The molecule has 2 nitrogen and oxygen atoms in total. The summed E-state index contributed by atoms with van der Waals surface area (Å²) in [6, 6.07) is 5.93. The van der Waals surface area contributed by atoms with E-state index in [1.54, 1.807) is 0 Å². The molecule has 18 heavy (non-hydrogen) atoms. The highest BCUT2D eigenvalue weighted by atomic mass is 79.9. The molecule has 100 valence electrons. The fourth-order valence-electron chi connectivity index (χ4n) is 1.98. The van der Waals surface area contributed by atoms with Crippen LogP contribution >= 0.6 is 15.9 Å². The van der Waals surface area contributed by atoms with Gasteiger partial charge in [0.15, 0.2) is 0 Å². The minimum atomic E-state index is 0.0182. The van der Waals surface area contributed by atoms with E-state index in [1.807, 2.05) is 25.1 Å². The van der Waals surface area contributed by atoms with Gasteiger partial charge in [-0.3, -0.25) is 4.79 Å². The van der Waals surface area contributed by atoms with E-state index in [-0.39, 0.29) is 11.9 Å². The molecule has 0 radical (unpaired) electrons. The van der Waals surface area contributed by atoms with Gasteiger partial charge >= 0.3 is 0 Å². The molecule has 1 amide bonds. The summed E-state index contributed by atoms with van der Waals surface area (Å²) < 4.78 is 0.977. The molecular weight excluding hydrogens is 290 g/mol. The predicted octanol–water partition coefficient (Wildman–Crippen LogP) is 4.31.